The Morgan fingerprint density at radius 2 is 1.90 bits per heavy atom. The fourth-order valence-corrected chi connectivity index (χ4v) is 4.80. The summed E-state index contributed by atoms with van der Waals surface area (Å²) in [7, 11) is 0. The van der Waals surface area contributed by atoms with Crippen molar-refractivity contribution >= 4 is 17.6 Å². The molecule has 0 radical (unpaired) electrons. The highest BCUT2D eigenvalue weighted by molar-refractivity contribution is 8.00. The molecule has 2 aliphatic rings. The van der Waals surface area contributed by atoms with E-state index >= 15 is 0 Å². The number of anilines is 1. The number of aliphatic hydroxyl groups is 2. The van der Waals surface area contributed by atoms with Gasteiger partial charge in [0, 0.05) is 29.8 Å². The fraction of sp³-hybridized carbons (Fsp3) is 0.714. The van der Waals surface area contributed by atoms with Gasteiger partial charge in [0.25, 0.3) is 0 Å². The number of aromatic nitrogens is 2. The van der Waals surface area contributed by atoms with Crippen molar-refractivity contribution in [1.29, 1.82) is 0 Å². The van der Waals surface area contributed by atoms with E-state index in [1.807, 2.05) is 16.7 Å². The van der Waals surface area contributed by atoms with Crippen LogP contribution in [0.2, 0.25) is 0 Å². The fourth-order valence-electron chi connectivity index (χ4n) is 3.32. The Bertz CT molecular complexity index is 466. The van der Waals surface area contributed by atoms with Gasteiger partial charge in [-0.05, 0) is 12.8 Å². The maximum atomic E-state index is 9.23. The Morgan fingerprint density at radius 3 is 2.65 bits per heavy atom. The highest BCUT2D eigenvalue weighted by Crippen LogP contribution is 2.53. The minimum absolute atomic E-state index is 0.0695. The molecule has 0 aromatic carbocycles. The Labute approximate surface area is 123 Å². The average Bonchev–Trinajstić information content (AvgIpc) is 2.85. The standard InChI is InChI=1S/C14H21N3O2S/c18-7-5-17(6-8-19)13-12-10-3-1-2-4-11(10)20-14(12)16-9-15-13/h9-11,18-19H,1-8H2. The van der Waals surface area contributed by atoms with E-state index in [1.165, 1.54) is 31.2 Å². The molecule has 2 unspecified atom stereocenters. The molecule has 1 aliphatic carbocycles. The molecule has 1 aromatic heterocycles. The first-order chi connectivity index (χ1) is 9.85. The first kappa shape index (κ1) is 14.1. The third kappa shape index (κ3) is 2.52. The van der Waals surface area contributed by atoms with Crippen molar-refractivity contribution in [2.24, 2.45) is 0 Å². The van der Waals surface area contributed by atoms with Gasteiger partial charge in [0.05, 0.1) is 13.2 Å². The SMILES string of the molecule is OCCN(CCO)c1ncnc2c1C1CCCCC1S2. The van der Waals surface area contributed by atoms with Crippen LogP contribution in [0.15, 0.2) is 11.4 Å². The molecular formula is C14H21N3O2S. The molecule has 2 atom stereocenters. The molecule has 20 heavy (non-hydrogen) atoms. The number of thioether (sulfide) groups is 1. The number of rotatable bonds is 5. The molecule has 110 valence electrons. The topological polar surface area (TPSA) is 69.5 Å². The molecule has 0 bridgehead atoms. The Balaban J connectivity index is 1.95. The van der Waals surface area contributed by atoms with Crippen LogP contribution in [0.4, 0.5) is 5.82 Å². The molecule has 6 heteroatoms. The van der Waals surface area contributed by atoms with Gasteiger partial charge in [-0.3, -0.25) is 0 Å². The van der Waals surface area contributed by atoms with Crippen molar-refractivity contribution in [2.75, 3.05) is 31.2 Å². The largest absolute Gasteiger partial charge is 0.395 e. The van der Waals surface area contributed by atoms with Gasteiger partial charge in [-0.15, -0.1) is 11.8 Å². The van der Waals surface area contributed by atoms with Crippen LogP contribution in [0.1, 0.15) is 37.2 Å². The van der Waals surface area contributed by atoms with E-state index in [9.17, 15) is 10.2 Å². The lowest BCUT2D eigenvalue weighted by atomic mass is 9.84. The third-order valence-electron chi connectivity index (χ3n) is 4.20. The molecule has 1 saturated carbocycles. The van der Waals surface area contributed by atoms with Crippen LogP contribution in [-0.2, 0) is 0 Å². The van der Waals surface area contributed by atoms with E-state index in [0.29, 0.717) is 24.3 Å². The molecule has 0 saturated heterocycles. The van der Waals surface area contributed by atoms with Crippen LogP contribution in [-0.4, -0.2) is 51.7 Å². The van der Waals surface area contributed by atoms with Crippen molar-refractivity contribution in [1.82, 2.24) is 9.97 Å². The van der Waals surface area contributed by atoms with E-state index in [0.717, 1.165) is 10.8 Å². The normalized spacial score (nSPS) is 24.3. The zero-order valence-electron chi connectivity index (χ0n) is 11.5. The first-order valence-corrected chi connectivity index (χ1v) is 8.21. The van der Waals surface area contributed by atoms with Gasteiger partial charge in [0.15, 0.2) is 0 Å². The summed E-state index contributed by atoms with van der Waals surface area (Å²) in [5, 5.41) is 20.2. The van der Waals surface area contributed by atoms with Crippen molar-refractivity contribution in [3.05, 3.63) is 11.9 Å². The lowest BCUT2D eigenvalue weighted by Gasteiger charge is -2.28. The maximum Gasteiger partial charge on any atom is 0.136 e. The summed E-state index contributed by atoms with van der Waals surface area (Å²) in [6.07, 6.45) is 6.65. The van der Waals surface area contributed by atoms with E-state index in [2.05, 4.69) is 9.97 Å². The van der Waals surface area contributed by atoms with Gasteiger partial charge in [0.1, 0.15) is 17.2 Å². The van der Waals surface area contributed by atoms with Crippen LogP contribution < -0.4 is 4.90 Å². The summed E-state index contributed by atoms with van der Waals surface area (Å²) < 4.78 is 0. The van der Waals surface area contributed by atoms with Gasteiger partial charge < -0.3 is 15.1 Å². The second kappa shape index (κ2) is 6.28. The lowest BCUT2D eigenvalue weighted by molar-refractivity contribution is 0.280. The number of hydrogen-bond donors (Lipinski definition) is 2. The second-order valence-electron chi connectivity index (χ2n) is 5.40. The average molecular weight is 295 g/mol. The van der Waals surface area contributed by atoms with Crippen LogP contribution in [0.3, 0.4) is 0 Å². The molecule has 1 aromatic rings. The van der Waals surface area contributed by atoms with Gasteiger partial charge >= 0.3 is 0 Å². The van der Waals surface area contributed by atoms with E-state index in [4.69, 9.17) is 0 Å². The van der Waals surface area contributed by atoms with Crippen molar-refractivity contribution in [2.45, 2.75) is 41.9 Å². The summed E-state index contributed by atoms with van der Waals surface area (Å²) in [5.74, 6) is 1.46. The van der Waals surface area contributed by atoms with Gasteiger partial charge in [-0.25, -0.2) is 9.97 Å². The summed E-state index contributed by atoms with van der Waals surface area (Å²) >= 11 is 1.89. The van der Waals surface area contributed by atoms with E-state index < -0.39 is 0 Å². The molecule has 3 rings (SSSR count). The summed E-state index contributed by atoms with van der Waals surface area (Å²) in [4.78, 5) is 10.9. The highest BCUT2D eigenvalue weighted by Gasteiger charge is 2.39. The number of hydrogen-bond acceptors (Lipinski definition) is 6. The Morgan fingerprint density at radius 1 is 1.15 bits per heavy atom. The number of nitrogens with zero attached hydrogens (tertiary/aromatic N) is 3. The van der Waals surface area contributed by atoms with Gasteiger partial charge in [0.2, 0.25) is 0 Å². The van der Waals surface area contributed by atoms with Gasteiger partial charge in [-0.2, -0.15) is 0 Å². The van der Waals surface area contributed by atoms with Crippen LogP contribution in [0.25, 0.3) is 0 Å². The number of aliphatic hydroxyl groups excluding tert-OH is 2. The summed E-state index contributed by atoms with van der Waals surface area (Å²) in [6.45, 7) is 1.15. The van der Waals surface area contributed by atoms with Gasteiger partial charge in [-0.1, -0.05) is 12.8 Å². The Kier molecular flexibility index (Phi) is 4.43. The predicted molar refractivity (Wildman–Crippen MR) is 79.3 cm³/mol. The van der Waals surface area contributed by atoms with Crippen LogP contribution >= 0.6 is 11.8 Å². The molecule has 2 heterocycles. The molecule has 1 fully saturated rings. The summed E-state index contributed by atoms with van der Waals surface area (Å²) in [6, 6.07) is 0. The van der Waals surface area contributed by atoms with Crippen molar-refractivity contribution in [3.63, 3.8) is 0 Å². The lowest BCUT2D eigenvalue weighted by Crippen LogP contribution is -2.32. The molecule has 2 N–H and O–H groups in total. The van der Waals surface area contributed by atoms with Crippen LogP contribution in [0.5, 0.6) is 0 Å². The van der Waals surface area contributed by atoms with E-state index in [-0.39, 0.29) is 13.2 Å². The smallest absolute Gasteiger partial charge is 0.136 e. The highest BCUT2D eigenvalue weighted by atomic mass is 32.2. The molecular weight excluding hydrogens is 274 g/mol. The minimum atomic E-state index is 0.0695. The number of fused-ring (bicyclic) bond motifs is 3. The first-order valence-electron chi connectivity index (χ1n) is 7.33. The zero-order chi connectivity index (χ0) is 13.9. The summed E-state index contributed by atoms with van der Waals surface area (Å²) in [5.41, 5.74) is 1.25. The monoisotopic (exact) mass is 295 g/mol. The van der Waals surface area contributed by atoms with E-state index in [1.54, 1.807) is 6.33 Å². The maximum absolute atomic E-state index is 9.23. The molecule has 0 spiro atoms. The molecule has 0 amide bonds. The van der Waals surface area contributed by atoms with Crippen LogP contribution in [0, 0.1) is 0 Å². The zero-order valence-corrected chi connectivity index (χ0v) is 12.3. The quantitative estimate of drug-likeness (QED) is 0.800. The molecule has 1 aliphatic heterocycles. The van der Waals surface area contributed by atoms with Crippen molar-refractivity contribution < 1.29 is 10.2 Å². The predicted octanol–water partition coefficient (Wildman–Crippen LogP) is 1.40. The van der Waals surface area contributed by atoms with Crippen molar-refractivity contribution in [3.8, 4) is 0 Å². The minimum Gasteiger partial charge on any atom is -0.395 e. The second-order valence-corrected chi connectivity index (χ2v) is 6.63. The third-order valence-corrected chi connectivity index (χ3v) is 5.62. The Hall–Kier alpha value is -0.850. The molecule has 5 nitrogen and oxygen atoms in total.